The van der Waals surface area contributed by atoms with E-state index in [0.29, 0.717) is 58.9 Å². The summed E-state index contributed by atoms with van der Waals surface area (Å²) >= 11 is 6.75. The molecule has 6 rings (SSSR count). The van der Waals surface area contributed by atoms with E-state index in [0.717, 1.165) is 41.7 Å². The summed E-state index contributed by atoms with van der Waals surface area (Å²) in [5.74, 6) is -0.993. The molecule has 0 radical (unpaired) electrons. The van der Waals surface area contributed by atoms with Gasteiger partial charge in [0.15, 0.2) is 0 Å². The van der Waals surface area contributed by atoms with E-state index in [1.165, 1.54) is 17.8 Å². The third kappa shape index (κ3) is 6.71. The molecule has 2 aliphatic heterocycles. The third-order valence-electron chi connectivity index (χ3n) is 7.70. The molecule has 11 heteroatoms. The molecule has 2 aliphatic rings. The topological polar surface area (TPSA) is 95.1 Å². The van der Waals surface area contributed by atoms with Crippen molar-refractivity contribution in [1.29, 1.82) is 0 Å². The zero-order valence-electron chi connectivity index (χ0n) is 23.8. The van der Waals surface area contributed by atoms with Crippen LogP contribution < -0.4 is 4.74 Å². The number of rotatable bonds is 10. The molecule has 8 nitrogen and oxygen atoms in total. The van der Waals surface area contributed by atoms with Crippen molar-refractivity contribution in [2.45, 2.75) is 6.42 Å². The maximum Gasteiger partial charge on any atom is 0.335 e. The fourth-order valence-electron chi connectivity index (χ4n) is 5.26. The molecule has 1 amide bonds. The molecule has 0 unspecified atom stereocenters. The molecule has 3 aromatic carbocycles. The summed E-state index contributed by atoms with van der Waals surface area (Å²) < 4.78 is 27.5. The molecular weight excluding hydrogens is 602 g/mol. The second-order valence-electron chi connectivity index (χ2n) is 10.5. The Morgan fingerprint density at radius 1 is 1.07 bits per heavy atom. The number of carboxylic acids is 1. The molecule has 2 saturated heterocycles. The lowest BCUT2D eigenvalue weighted by Gasteiger charge is -2.26. The number of fused-ring (bicyclic) bond motifs is 1. The van der Waals surface area contributed by atoms with Crippen LogP contribution in [-0.4, -0.2) is 82.1 Å². The van der Waals surface area contributed by atoms with Crippen LogP contribution in [0.5, 0.6) is 5.75 Å². The van der Waals surface area contributed by atoms with E-state index in [2.05, 4.69) is 9.88 Å². The number of aromatic amines is 1. The van der Waals surface area contributed by atoms with Crippen LogP contribution in [0.1, 0.15) is 21.5 Å². The monoisotopic (exact) mass is 631 g/mol. The van der Waals surface area contributed by atoms with E-state index in [1.807, 2.05) is 24.3 Å². The van der Waals surface area contributed by atoms with Gasteiger partial charge in [0.1, 0.15) is 22.5 Å². The lowest BCUT2D eigenvalue weighted by molar-refractivity contribution is -0.122. The highest BCUT2D eigenvalue weighted by molar-refractivity contribution is 8.26. The number of carbonyl (C=O) groups excluding carboxylic acids is 1. The summed E-state index contributed by atoms with van der Waals surface area (Å²) in [6.07, 6.45) is 4.07. The minimum Gasteiger partial charge on any atom is -0.492 e. The molecule has 0 aliphatic carbocycles. The Kier molecular flexibility index (Phi) is 9.08. The molecule has 0 bridgehead atoms. The summed E-state index contributed by atoms with van der Waals surface area (Å²) in [4.78, 5) is 31.9. The number of halogens is 1. The standard InChI is InChI=1S/C33H30FN3O5S2/c34-27-19-24-7-9-35-28(24)20-25(27)26-17-22(3-6-29(26)42-16-13-36-11-14-41-15-12-36)18-30-31(38)37(33(43)44-30)10-8-21-1-4-23(5-2-21)32(39)40/h1-7,9,17-20,35H,8,10-16H2,(H,39,40). The smallest absolute Gasteiger partial charge is 0.335 e. The van der Waals surface area contributed by atoms with Gasteiger partial charge in [0, 0.05) is 54.4 Å². The number of aromatic nitrogens is 1. The van der Waals surface area contributed by atoms with Gasteiger partial charge in [0.05, 0.1) is 23.7 Å². The van der Waals surface area contributed by atoms with E-state index in [4.69, 9.17) is 26.8 Å². The highest BCUT2D eigenvalue weighted by atomic mass is 32.2. The van der Waals surface area contributed by atoms with Gasteiger partial charge in [-0.3, -0.25) is 14.6 Å². The Hall–Kier alpha value is -4.03. The van der Waals surface area contributed by atoms with Crippen molar-refractivity contribution in [3.8, 4) is 16.9 Å². The predicted molar refractivity (Wildman–Crippen MR) is 173 cm³/mol. The van der Waals surface area contributed by atoms with Crippen molar-refractivity contribution in [2.24, 2.45) is 0 Å². The van der Waals surface area contributed by atoms with E-state index in [9.17, 15) is 9.59 Å². The summed E-state index contributed by atoms with van der Waals surface area (Å²) in [5.41, 5.74) is 3.64. The quantitative estimate of drug-likeness (QED) is 0.167. The van der Waals surface area contributed by atoms with Crippen molar-refractivity contribution in [3.05, 3.63) is 94.3 Å². The number of aromatic carboxylic acids is 1. The number of nitrogens with zero attached hydrogens (tertiary/aromatic N) is 2. The van der Waals surface area contributed by atoms with Crippen LogP contribution >= 0.6 is 24.0 Å². The average Bonchev–Trinajstić information content (AvgIpc) is 3.59. The number of carboxylic acid groups (broad SMARTS) is 1. The number of ether oxygens (including phenoxy) is 2. The highest BCUT2D eigenvalue weighted by Crippen LogP contribution is 2.37. The summed E-state index contributed by atoms with van der Waals surface area (Å²) in [7, 11) is 0. The number of carbonyl (C=O) groups is 2. The number of nitrogens with one attached hydrogen (secondary N) is 1. The van der Waals surface area contributed by atoms with Gasteiger partial charge in [-0.15, -0.1) is 0 Å². The minimum atomic E-state index is -0.984. The third-order valence-corrected chi connectivity index (χ3v) is 9.08. The van der Waals surface area contributed by atoms with Crippen LogP contribution in [0.4, 0.5) is 4.39 Å². The van der Waals surface area contributed by atoms with Crippen LogP contribution in [-0.2, 0) is 16.0 Å². The molecule has 3 heterocycles. The SMILES string of the molecule is O=C(O)c1ccc(CCN2C(=O)C(=Cc3ccc(OCCN4CCOCC4)c(-c4cc5[nH]ccc5cc4F)c3)SC2=S)cc1. The first kappa shape index (κ1) is 30.0. The largest absolute Gasteiger partial charge is 0.492 e. The molecule has 226 valence electrons. The van der Waals surface area contributed by atoms with Gasteiger partial charge in [-0.05, 0) is 66.1 Å². The van der Waals surface area contributed by atoms with E-state index in [1.54, 1.807) is 47.5 Å². The highest BCUT2D eigenvalue weighted by Gasteiger charge is 2.31. The fraction of sp³-hybridized carbons (Fsp3) is 0.242. The van der Waals surface area contributed by atoms with E-state index >= 15 is 4.39 Å². The van der Waals surface area contributed by atoms with Crippen LogP contribution in [0.3, 0.4) is 0 Å². The Labute approximate surface area is 263 Å². The number of thiocarbonyl (C=S) groups is 1. The fourth-order valence-corrected chi connectivity index (χ4v) is 6.57. The molecular formula is C33H30FN3O5S2. The van der Waals surface area contributed by atoms with Crippen LogP contribution in [0.25, 0.3) is 28.1 Å². The van der Waals surface area contributed by atoms with Crippen LogP contribution in [0.15, 0.2) is 71.8 Å². The molecule has 2 N–H and O–H groups in total. The Bertz CT molecular complexity index is 1750. The zero-order valence-corrected chi connectivity index (χ0v) is 25.4. The van der Waals surface area contributed by atoms with Crippen molar-refractivity contribution in [2.75, 3.05) is 46.0 Å². The number of hydrogen-bond acceptors (Lipinski definition) is 7. The molecule has 4 aromatic rings. The van der Waals surface area contributed by atoms with E-state index < -0.39 is 5.97 Å². The number of H-pyrrole nitrogens is 1. The van der Waals surface area contributed by atoms with Gasteiger partial charge < -0.3 is 19.6 Å². The van der Waals surface area contributed by atoms with Crippen molar-refractivity contribution < 1.29 is 28.6 Å². The normalized spacial score (nSPS) is 16.8. The number of morpholine rings is 1. The first-order valence-corrected chi connectivity index (χ1v) is 15.5. The lowest BCUT2D eigenvalue weighted by atomic mass is 9.99. The summed E-state index contributed by atoms with van der Waals surface area (Å²) in [6, 6.07) is 17.2. The van der Waals surface area contributed by atoms with Gasteiger partial charge in [0.2, 0.25) is 0 Å². The maximum absolute atomic E-state index is 15.4. The first-order valence-electron chi connectivity index (χ1n) is 14.3. The Balaban J connectivity index is 1.23. The van der Waals surface area contributed by atoms with Crippen molar-refractivity contribution in [1.82, 2.24) is 14.8 Å². The van der Waals surface area contributed by atoms with Crippen molar-refractivity contribution >= 4 is 57.2 Å². The molecule has 0 saturated carbocycles. The van der Waals surface area contributed by atoms with Gasteiger partial charge in [-0.25, -0.2) is 9.18 Å². The molecule has 0 spiro atoms. The summed E-state index contributed by atoms with van der Waals surface area (Å²) in [6.45, 7) is 4.65. The number of benzene rings is 3. The lowest BCUT2D eigenvalue weighted by Crippen LogP contribution is -2.38. The zero-order chi connectivity index (χ0) is 30.6. The second kappa shape index (κ2) is 13.3. The maximum atomic E-state index is 15.4. The molecule has 0 atom stereocenters. The van der Waals surface area contributed by atoms with Gasteiger partial charge in [0.25, 0.3) is 5.91 Å². The minimum absolute atomic E-state index is 0.200. The molecule has 1 aromatic heterocycles. The second-order valence-corrected chi connectivity index (χ2v) is 12.2. The number of amides is 1. The van der Waals surface area contributed by atoms with Crippen molar-refractivity contribution in [3.63, 3.8) is 0 Å². The molecule has 44 heavy (non-hydrogen) atoms. The number of hydrogen-bond donors (Lipinski definition) is 2. The van der Waals surface area contributed by atoms with Gasteiger partial charge >= 0.3 is 5.97 Å². The Morgan fingerprint density at radius 2 is 1.86 bits per heavy atom. The first-order chi connectivity index (χ1) is 21.4. The molecule has 2 fully saturated rings. The van der Waals surface area contributed by atoms with Crippen LogP contribution in [0.2, 0.25) is 0 Å². The Morgan fingerprint density at radius 3 is 2.64 bits per heavy atom. The predicted octanol–water partition coefficient (Wildman–Crippen LogP) is 5.83. The number of thioether (sulfide) groups is 1. The van der Waals surface area contributed by atoms with Gasteiger partial charge in [-0.1, -0.05) is 42.2 Å². The van der Waals surface area contributed by atoms with E-state index in [-0.39, 0.29) is 17.3 Å². The summed E-state index contributed by atoms with van der Waals surface area (Å²) in [5, 5.41) is 9.89. The van der Waals surface area contributed by atoms with Gasteiger partial charge in [-0.2, -0.15) is 0 Å². The van der Waals surface area contributed by atoms with Crippen LogP contribution in [0, 0.1) is 5.82 Å². The average molecular weight is 632 g/mol.